The Labute approximate surface area is 338 Å². The third kappa shape index (κ3) is 9.67. The maximum atomic E-state index is 14.4. The molecule has 4 aliphatic rings. The molecule has 0 saturated carbocycles. The number of carbonyl (C=O) groups is 4. The van der Waals surface area contributed by atoms with Gasteiger partial charge in [0.2, 0.25) is 6.10 Å². The Balaban J connectivity index is 1.69. The number of aliphatic imine (C=N–C) groups is 1. The number of likely N-dealkylation sites (N-methyl/N-ethyl adjacent to an activating group) is 1. The molecule has 0 aromatic carbocycles. The lowest BCUT2D eigenvalue weighted by atomic mass is 9.73. The highest BCUT2D eigenvalue weighted by atomic mass is 32.1. The van der Waals surface area contributed by atoms with E-state index in [4.69, 9.17) is 39.2 Å². The summed E-state index contributed by atoms with van der Waals surface area (Å²) in [6.45, 7) is 13.2. The van der Waals surface area contributed by atoms with Crippen LogP contribution in [0.5, 0.6) is 0 Å². The van der Waals surface area contributed by atoms with E-state index in [-0.39, 0.29) is 50.3 Å². The third-order valence-electron chi connectivity index (χ3n) is 11.9. The first-order valence-corrected chi connectivity index (χ1v) is 20.6. The Bertz CT molecular complexity index is 1710. The van der Waals surface area contributed by atoms with Gasteiger partial charge in [-0.1, -0.05) is 32.9 Å². The summed E-state index contributed by atoms with van der Waals surface area (Å²) >= 11 is 1.13. The van der Waals surface area contributed by atoms with Gasteiger partial charge in [-0.05, 0) is 79.1 Å². The zero-order valence-corrected chi connectivity index (χ0v) is 35.4. The highest BCUT2D eigenvalue weighted by Crippen LogP contribution is 2.40. The summed E-state index contributed by atoms with van der Waals surface area (Å²) in [6, 6.07) is 2.94. The predicted octanol–water partition coefficient (Wildman–Crippen LogP) is 2.69. The third-order valence-corrected chi connectivity index (χ3v) is 13.1. The number of hydrogen-bond acceptors (Lipinski definition) is 15. The molecule has 4 bridgehead atoms. The van der Waals surface area contributed by atoms with Crippen LogP contribution < -0.4 is 5.73 Å². The van der Waals surface area contributed by atoms with Gasteiger partial charge in [-0.2, -0.15) is 0 Å². The van der Waals surface area contributed by atoms with Gasteiger partial charge in [0.25, 0.3) is 11.8 Å². The van der Waals surface area contributed by atoms with Gasteiger partial charge in [-0.15, -0.1) is 11.3 Å². The molecule has 1 unspecified atom stereocenters. The molecule has 57 heavy (non-hydrogen) atoms. The summed E-state index contributed by atoms with van der Waals surface area (Å²) in [5.41, 5.74) is 2.78. The molecule has 0 aliphatic carbocycles. The lowest BCUT2D eigenvalue weighted by Crippen LogP contribution is -2.60. The highest BCUT2D eigenvalue weighted by Gasteiger charge is 2.53. The van der Waals surface area contributed by atoms with Crippen LogP contribution in [0.4, 0.5) is 0 Å². The van der Waals surface area contributed by atoms with Gasteiger partial charge in [0, 0.05) is 34.9 Å². The number of nitrogens with zero attached hydrogens (tertiary/aromatic N) is 3. The number of aliphatic hydroxyl groups excluding tert-OH is 1. The number of aliphatic hydroxyl groups is 2. The molecule has 4 aliphatic heterocycles. The summed E-state index contributed by atoms with van der Waals surface area (Å²) in [6.07, 6.45) is -6.33. The van der Waals surface area contributed by atoms with Gasteiger partial charge in [-0.3, -0.25) is 19.2 Å². The fraction of sp³-hybridized carbons (Fsp3) is 0.750. The number of ether oxygens (including phenoxy) is 5. The van der Waals surface area contributed by atoms with Crippen LogP contribution in [0.3, 0.4) is 0 Å². The molecule has 3 saturated heterocycles. The van der Waals surface area contributed by atoms with E-state index in [1.165, 1.54) is 13.8 Å². The van der Waals surface area contributed by atoms with E-state index in [0.717, 1.165) is 11.3 Å². The van der Waals surface area contributed by atoms with Gasteiger partial charge >= 0.3 is 5.97 Å². The molecule has 1 aromatic heterocycles. The molecule has 17 heteroatoms. The minimum atomic E-state index is -1.86. The van der Waals surface area contributed by atoms with E-state index in [9.17, 15) is 29.4 Å². The van der Waals surface area contributed by atoms with E-state index in [1.807, 2.05) is 32.8 Å². The molecular weight excluding hydrogens is 761 g/mol. The number of amides is 2. The zero-order chi connectivity index (χ0) is 42.1. The van der Waals surface area contributed by atoms with Crippen LogP contribution in [0.15, 0.2) is 22.3 Å². The van der Waals surface area contributed by atoms with E-state index >= 15 is 0 Å². The van der Waals surface area contributed by atoms with Crippen molar-refractivity contribution in [3.63, 3.8) is 0 Å². The van der Waals surface area contributed by atoms with Crippen LogP contribution in [0.2, 0.25) is 0 Å². The van der Waals surface area contributed by atoms with Gasteiger partial charge in [0.05, 0.1) is 42.0 Å². The van der Waals surface area contributed by atoms with Crippen molar-refractivity contribution in [1.82, 2.24) is 4.90 Å². The SMILES string of the molecule is CC[C@H]1OC(=O)[C@H](C)C(=O)[C@H](C)[C@@H](O[C@@H]2O[C@H](C)C[C@H](N(C)C)[C@H]2O)[C@@]2(C)C[C@@H](C)C3=NC(=O)C(Cc4ccc(C(N)=O)s4)O/N=C(\CO[C@@H]([C@@H]3C)[C@]1(C)O)CO2. The van der Waals surface area contributed by atoms with E-state index in [2.05, 4.69) is 5.16 Å². The Hall–Kier alpha value is -3.16. The fourth-order valence-corrected chi connectivity index (χ4v) is 9.62. The van der Waals surface area contributed by atoms with Gasteiger partial charge in [0.1, 0.15) is 29.4 Å². The molecule has 16 nitrogen and oxygen atoms in total. The molecule has 14 atom stereocenters. The fourth-order valence-electron chi connectivity index (χ4n) is 8.73. The lowest BCUT2D eigenvalue weighted by Gasteiger charge is -2.47. The summed E-state index contributed by atoms with van der Waals surface area (Å²) < 4.78 is 32.2. The molecule has 5 rings (SSSR count). The Morgan fingerprint density at radius 2 is 1.79 bits per heavy atom. The van der Waals surface area contributed by atoms with Crippen molar-refractivity contribution in [2.75, 3.05) is 27.3 Å². The molecule has 4 N–H and O–H groups in total. The molecule has 318 valence electrons. The molecule has 2 amide bonds. The first-order chi connectivity index (χ1) is 26.7. The second-order valence-corrected chi connectivity index (χ2v) is 18.0. The van der Waals surface area contributed by atoms with Crippen LogP contribution in [0.1, 0.15) is 89.2 Å². The van der Waals surface area contributed by atoms with Crippen molar-refractivity contribution in [3.8, 4) is 0 Å². The minimum Gasteiger partial charge on any atom is -0.459 e. The Morgan fingerprint density at radius 3 is 2.42 bits per heavy atom. The quantitative estimate of drug-likeness (QED) is 0.267. The number of rotatable bonds is 7. The molecule has 0 spiro atoms. The number of hydrogen-bond donors (Lipinski definition) is 3. The predicted molar refractivity (Wildman–Crippen MR) is 210 cm³/mol. The van der Waals surface area contributed by atoms with Crippen LogP contribution in [0, 0.1) is 23.7 Å². The number of carbonyl (C=O) groups excluding carboxylic acids is 4. The average molecular weight is 821 g/mol. The Kier molecular flexibility index (Phi) is 14.2. The highest BCUT2D eigenvalue weighted by molar-refractivity contribution is 7.14. The summed E-state index contributed by atoms with van der Waals surface area (Å²) in [5.74, 6) is -6.23. The second-order valence-electron chi connectivity index (χ2n) is 16.8. The van der Waals surface area contributed by atoms with Gasteiger partial charge in [-0.25, -0.2) is 4.99 Å². The van der Waals surface area contributed by atoms with Crippen LogP contribution >= 0.6 is 11.3 Å². The van der Waals surface area contributed by atoms with Crippen molar-refractivity contribution in [1.29, 1.82) is 0 Å². The first-order valence-electron chi connectivity index (χ1n) is 19.8. The summed E-state index contributed by atoms with van der Waals surface area (Å²) in [5, 5.41) is 28.3. The van der Waals surface area contributed by atoms with Crippen molar-refractivity contribution in [2.24, 2.45) is 39.6 Å². The van der Waals surface area contributed by atoms with Crippen molar-refractivity contribution >= 4 is 46.3 Å². The smallest absolute Gasteiger partial charge is 0.316 e. The first kappa shape index (κ1) is 44.9. The number of thiophene rings is 1. The van der Waals surface area contributed by atoms with Crippen molar-refractivity contribution in [3.05, 3.63) is 21.9 Å². The molecular formula is C40H60N4O12S. The number of esters is 1. The topological polar surface area (TPSA) is 218 Å². The number of nitrogens with two attached hydrogens (primary N) is 1. The normalized spacial score (nSPS) is 40.9. The summed E-state index contributed by atoms with van der Waals surface area (Å²) in [4.78, 5) is 67.9. The largest absolute Gasteiger partial charge is 0.459 e. The number of fused-ring (bicyclic) bond motifs is 4. The van der Waals surface area contributed by atoms with E-state index in [0.29, 0.717) is 21.9 Å². The van der Waals surface area contributed by atoms with Gasteiger partial charge in [0.15, 0.2) is 12.1 Å². The summed E-state index contributed by atoms with van der Waals surface area (Å²) in [7, 11) is 3.71. The molecule has 0 radical (unpaired) electrons. The minimum absolute atomic E-state index is 0.0331. The second kappa shape index (κ2) is 18.0. The maximum Gasteiger partial charge on any atom is 0.316 e. The van der Waals surface area contributed by atoms with Crippen molar-refractivity contribution < 1.29 is 57.9 Å². The molecule has 1 aromatic rings. The average Bonchev–Trinajstić information content (AvgIpc) is 3.62. The number of cyclic esters (lactones) is 1. The van der Waals surface area contributed by atoms with Crippen LogP contribution in [0.25, 0.3) is 0 Å². The van der Waals surface area contributed by atoms with Crippen molar-refractivity contribution in [2.45, 2.75) is 141 Å². The molecule has 3 fully saturated rings. The molecule has 5 heterocycles. The van der Waals surface area contributed by atoms with Crippen LogP contribution in [-0.2, 0) is 49.3 Å². The number of primary amides is 1. The van der Waals surface area contributed by atoms with E-state index in [1.54, 1.807) is 39.8 Å². The standard InChI is InChI=1S/C40H60N4O12S/c1-11-29-40(8,50)34-21(4)30-19(2)16-39(7,52-18-24(17-51-34)43-56-27(36(48)42-30)15-25-12-13-28(57-25)35(41)47)33(22(5)31(45)23(6)37(49)54-29)55-38-32(46)26(44(9)10)14-20(3)53-38/h12-13,19-23,26-27,29,32-34,38,46,50H,11,14-18H2,1-10H3,(H2,41,47)/b42-30?,43-24+/t19-,20-,21-,22+,23-,26+,27?,29-,32-,33-,34+,38+,39-,40-/m1/s1. The maximum absolute atomic E-state index is 14.4. The van der Waals surface area contributed by atoms with E-state index < -0.39 is 95.3 Å². The number of Topliss-reactive ketones (excluding diaryl/α,β-unsaturated/α-hetero) is 1. The van der Waals surface area contributed by atoms with Gasteiger partial charge < -0.3 is 49.4 Å². The monoisotopic (exact) mass is 820 g/mol. The number of oxime groups is 1. The number of ketones is 1. The zero-order valence-electron chi connectivity index (χ0n) is 34.6. The van der Waals surface area contributed by atoms with Crippen LogP contribution in [-0.4, -0.2) is 138 Å². The Morgan fingerprint density at radius 1 is 1.09 bits per heavy atom. The lowest BCUT2D eigenvalue weighted by molar-refractivity contribution is -0.296.